The number of fused-ring (bicyclic) bond motifs is 4. The second-order valence-corrected chi connectivity index (χ2v) is 6.34. The van der Waals surface area contributed by atoms with Crippen LogP contribution >= 0.6 is 11.8 Å². The molecule has 20 heavy (non-hydrogen) atoms. The smallest absolute Gasteiger partial charge is 0.168 e. The fourth-order valence-electron chi connectivity index (χ4n) is 3.17. The summed E-state index contributed by atoms with van der Waals surface area (Å²) < 4.78 is 0. The van der Waals surface area contributed by atoms with E-state index in [1.54, 1.807) is 0 Å². The van der Waals surface area contributed by atoms with E-state index in [0.29, 0.717) is 6.42 Å². The molecule has 2 aromatic rings. The van der Waals surface area contributed by atoms with E-state index in [0.717, 1.165) is 23.3 Å². The van der Waals surface area contributed by atoms with Crippen molar-refractivity contribution < 1.29 is 4.79 Å². The molecule has 0 radical (unpaired) electrons. The zero-order valence-electron chi connectivity index (χ0n) is 11.1. The molecule has 0 saturated carbocycles. The van der Waals surface area contributed by atoms with Crippen LogP contribution in [-0.2, 0) is 11.2 Å². The van der Waals surface area contributed by atoms with Crippen molar-refractivity contribution in [2.75, 3.05) is 5.75 Å². The lowest BCUT2D eigenvalue weighted by atomic mass is 9.81. The Kier molecular flexibility index (Phi) is 2.78. The van der Waals surface area contributed by atoms with Crippen LogP contribution in [0.2, 0.25) is 0 Å². The third-order valence-electron chi connectivity index (χ3n) is 4.04. The molecule has 0 fully saturated rings. The van der Waals surface area contributed by atoms with Crippen molar-refractivity contribution in [3.8, 4) is 0 Å². The Morgan fingerprint density at radius 1 is 0.900 bits per heavy atom. The molecule has 4 rings (SSSR count). The zero-order chi connectivity index (χ0) is 13.5. The lowest BCUT2D eigenvalue weighted by Crippen LogP contribution is -2.15. The first kappa shape index (κ1) is 12.0. The van der Waals surface area contributed by atoms with Crippen molar-refractivity contribution in [1.82, 2.24) is 0 Å². The summed E-state index contributed by atoms with van der Waals surface area (Å²) >= 11 is 1.86. The van der Waals surface area contributed by atoms with E-state index in [1.807, 2.05) is 23.9 Å². The minimum atomic E-state index is 0.272. The van der Waals surface area contributed by atoms with E-state index >= 15 is 0 Å². The average Bonchev–Trinajstić information content (AvgIpc) is 2.67. The average molecular weight is 278 g/mol. The summed E-state index contributed by atoms with van der Waals surface area (Å²) in [5.74, 6) is 1.31. The van der Waals surface area contributed by atoms with Gasteiger partial charge in [-0.2, -0.15) is 0 Å². The molecule has 1 heterocycles. The zero-order valence-corrected chi connectivity index (χ0v) is 11.9. The summed E-state index contributed by atoms with van der Waals surface area (Å²) in [5, 5.41) is 0. The third-order valence-corrected chi connectivity index (χ3v) is 5.12. The standard InChI is InChI=1S/C18H14OS/c19-16-11-12-5-1-2-6-13(12)14-9-10-20-17-8-4-3-7-15(17)18(14)16/h1-8H,9-11H2. The van der Waals surface area contributed by atoms with Crippen LogP contribution in [0.15, 0.2) is 53.4 Å². The summed E-state index contributed by atoms with van der Waals surface area (Å²) in [6.45, 7) is 0. The highest BCUT2D eigenvalue weighted by molar-refractivity contribution is 7.99. The molecular formula is C18H14OS. The van der Waals surface area contributed by atoms with Gasteiger partial charge in [0.2, 0.25) is 0 Å². The topological polar surface area (TPSA) is 17.1 Å². The predicted octanol–water partition coefficient (Wildman–Crippen LogP) is 4.22. The second-order valence-electron chi connectivity index (χ2n) is 5.21. The first-order valence-electron chi connectivity index (χ1n) is 6.91. The summed E-state index contributed by atoms with van der Waals surface area (Å²) in [7, 11) is 0. The predicted molar refractivity (Wildman–Crippen MR) is 83.8 cm³/mol. The van der Waals surface area contributed by atoms with Gasteiger partial charge >= 0.3 is 0 Å². The molecule has 0 bridgehead atoms. The Labute approximate surface area is 122 Å². The molecule has 2 aromatic carbocycles. The minimum Gasteiger partial charge on any atom is -0.294 e. The van der Waals surface area contributed by atoms with Crippen LogP contribution in [-0.4, -0.2) is 11.5 Å². The van der Waals surface area contributed by atoms with Crippen LogP contribution in [0, 0.1) is 0 Å². The SMILES string of the molecule is O=C1Cc2ccccc2C2=C1c1ccccc1SCC2. The monoisotopic (exact) mass is 278 g/mol. The van der Waals surface area contributed by atoms with Crippen LogP contribution in [0.3, 0.4) is 0 Å². The molecule has 0 saturated heterocycles. The Balaban J connectivity index is 2.03. The number of rotatable bonds is 0. The number of ketones is 1. The highest BCUT2D eigenvalue weighted by Gasteiger charge is 2.28. The molecule has 2 heteroatoms. The molecule has 1 aliphatic carbocycles. The fourth-order valence-corrected chi connectivity index (χ4v) is 4.19. The molecule has 1 nitrogen and oxygen atoms in total. The number of hydrogen-bond donors (Lipinski definition) is 0. The normalized spacial score (nSPS) is 17.1. The van der Waals surface area contributed by atoms with Crippen molar-refractivity contribution >= 4 is 28.7 Å². The van der Waals surface area contributed by atoms with Gasteiger partial charge in [0, 0.05) is 22.6 Å². The Morgan fingerprint density at radius 2 is 1.65 bits per heavy atom. The van der Waals surface area contributed by atoms with Gasteiger partial charge in [0.1, 0.15) is 0 Å². The van der Waals surface area contributed by atoms with Gasteiger partial charge in [-0.1, -0.05) is 42.5 Å². The van der Waals surface area contributed by atoms with E-state index < -0.39 is 0 Å². The summed E-state index contributed by atoms with van der Waals surface area (Å²) in [4.78, 5) is 13.9. The number of allylic oxidation sites excluding steroid dienone is 2. The van der Waals surface area contributed by atoms with Gasteiger partial charge in [-0.05, 0) is 34.8 Å². The molecule has 1 aliphatic heterocycles. The van der Waals surface area contributed by atoms with E-state index in [9.17, 15) is 4.79 Å². The van der Waals surface area contributed by atoms with Crippen LogP contribution in [0.25, 0.3) is 11.1 Å². The van der Waals surface area contributed by atoms with Crippen molar-refractivity contribution in [3.05, 3.63) is 65.2 Å². The third kappa shape index (κ3) is 1.75. The number of benzene rings is 2. The fraction of sp³-hybridized carbons (Fsp3) is 0.167. The number of Topliss-reactive ketones (excluding diaryl/α,β-unsaturated/α-hetero) is 1. The Morgan fingerprint density at radius 3 is 2.55 bits per heavy atom. The highest BCUT2D eigenvalue weighted by atomic mass is 32.2. The van der Waals surface area contributed by atoms with E-state index in [1.165, 1.54) is 21.6 Å². The largest absolute Gasteiger partial charge is 0.294 e. The van der Waals surface area contributed by atoms with E-state index in [2.05, 4.69) is 36.4 Å². The van der Waals surface area contributed by atoms with Crippen LogP contribution in [0.4, 0.5) is 0 Å². The van der Waals surface area contributed by atoms with Gasteiger partial charge in [0.25, 0.3) is 0 Å². The molecule has 0 amide bonds. The maximum atomic E-state index is 12.6. The summed E-state index contributed by atoms with van der Waals surface area (Å²) in [6.07, 6.45) is 1.51. The summed E-state index contributed by atoms with van der Waals surface area (Å²) in [6, 6.07) is 16.7. The van der Waals surface area contributed by atoms with Gasteiger partial charge in [-0.15, -0.1) is 11.8 Å². The quantitative estimate of drug-likeness (QED) is 0.717. The molecule has 0 N–H and O–H groups in total. The van der Waals surface area contributed by atoms with Gasteiger partial charge in [-0.3, -0.25) is 4.79 Å². The van der Waals surface area contributed by atoms with Gasteiger partial charge in [0.15, 0.2) is 5.78 Å². The van der Waals surface area contributed by atoms with Crippen molar-refractivity contribution in [2.24, 2.45) is 0 Å². The van der Waals surface area contributed by atoms with Gasteiger partial charge in [-0.25, -0.2) is 0 Å². The lowest BCUT2D eigenvalue weighted by Gasteiger charge is -2.21. The molecule has 0 spiro atoms. The second kappa shape index (κ2) is 4.64. The number of hydrogen-bond acceptors (Lipinski definition) is 2. The van der Waals surface area contributed by atoms with Gasteiger partial charge in [0.05, 0.1) is 0 Å². The van der Waals surface area contributed by atoms with Crippen LogP contribution in [0.1, 0.15) is 23.1 Å². The molecule has 0 aromatic heterocycles. The lowest BCUT2D eigenvalue weighted by molar-refractivity contribution is -0.113. The first-order chi connectivity index (χ1) is 9.84. The molecule has 2 aliphatic rings. The maximum absolute atomic E-state index is 12.6. The number of carbonyl (C=O) groups is 1. The number of carbonyl (C=O) groups excluding carboxylic acids is 1. The molecule has 98 valence electrons. The molecular weight excluding hydrogens is 264 g/mol. The molecule has 0 unspecified atom stereocenters. The maximum Gasteiger partial charge on any atom is 0.168 e. The first-order valence-corrected chi connectivity index (χ1v) is 7.90. The Hall–Kier alpha value is -1.80. The summed E-state index contributed by atoms with van der Waals surface area (Å²) in [5.41, 5.74) is 5.79. The van der Waals surface area contributed by atoms with E-state index in [-0.39, 0.29) is 5.78 Å². The highest BCUT2D eigenvalue weighted by Crippen LogP contribution is 2.43. The molecule has 0 atom stereocenters. The van der Waals surface area contributed by atoms with Crippen molar-refractivity contribution in [2.45, 2.75) is 17.7 Å². The van der Waals surface area contributed by atoms with Crippen LogP contribution < -0.4 is 0 Å². The van der Waals surface area contributed by atoms with Crippen LogP contribution in [0.5, 0.6) is 0 Å². The van der Waals surface area contributed by atoms with Gasteiger partial charge < -0.3 is 0 Å². The number of thioether (sulfide) groups is 1. The van der Waals surface area contributed by atoms with Crippen molar-refractivity contribution in [1.29, 1.82) is 0 Å². The minimum absolute atomic E-state index is 0.272. The van der Waals surface area contributed by atoms with E-state index in [4.69, 9.17) is 0 Å². The Bertz CT molecular complexity index is 743. The van der Waals surface area contributed by atoms with Crippen molar-refractivity contribution in [3.63, 3.8) is 0 Å².